The Balaban J connectivity index is 1.52. The SMILES string of the molecule is CC(C)[Si](O[C@H]1[C@H](O)[C@@H](CO)O[C@@H]2OC(C[C@H](NC(=O)Cc3cccc4ccccc34)C(=O)OCc3ccccc3)=C(C(=O)OCC[Si](C)(C)C)S[C@@H]21)(C(C)C)C(C)C. The Hall–Kier alpha value is -3.51. The van der Waals surface area contributed by atoms with E-state index in [2.05, 4.69) is 66.5 Å². The first kappa shape index (κ1) is 46.6. The van der Waals surface area contributed by atoms with Gasteiger partial charge in [-0.05, 0) is 44.6 Å². The van der Waals surface area contributed by atoms with Crippen LogP contribution in [0.2, 0.25) is 42.3 Å². The number of thioether (sulfide) groups is 1. The van der Waals surface area contributed by atoms with Crippen molar-refractivity contribution in [3.8, 4) is 0 Å². The van der Waals surface area contributed by atoms with E-state index in [0.29, 0.717) is 0 Å². The number of carbonyl (C=O) groups excluding carboxylic acids is 3. The predicted molar refractivity (Wildman–Crippen MR) is 237 cm³/mol. The molecule has 0 aromatic heterocycles. The van der Waals surface area contributed by atoms with Gasteiger partial charge in [0.2, 0.25) is 20.5 Å². The summed E-state index contributed by atoms with van der Waals surface area (Å²) in [6, 6.07) is 22.2. The van der Waals surface area contributed by atoms with Crippen molar-refractivity contribution in [2.24, 2.45) is 0 Å². The lowest BCUT2D eigenvalue weighted by atomic mass is 10.0. The maximum Gasteiger partial charge on any atom is 0.348 e. The molecule has 59 heavy (non-hydrogen) atoms. The number of amides is 1. The molecule has 1 fully saturated rings. The second-order valence-corrected chi connectivity index (χ2v) is 30.0. The number of esters is 2. The molecule has 0 aliphatic carbocycles. The molecule has 3 aromatic rings. The van der Waals surface area contributed by atoms with E-state index in [1.165, 1.54) is 0 Å². The van der Waals surface area contributed by atoms with E-state index in [4.69, 9.17) is 23.4 Å². The van der Waals surface area contributed by atoms with Crippen LogP contribution in [0.5, 0.6) is 0 Å². The van der Waals surface area contributed by atoms with Crippen LogP contribution in [0.25, 0.3) is 10.8 Å². The molecular formula is C45H63NO10SSi2. The molecule has 1 amide bonds. The lowest BCUT2D eigenvalue weighted by molar-refractivity contribution is -0.241. The van der Waals surface area contributed by atoms with Crippen LogP contribution in [-0.4, -0.2) is 93.6 Å². The summed E-state index contributed by atoms with van der Waals surface area (Å²) in [6.07, 6.45) is -4.48. The van der Waals surface area contributed by atoms with Crippen molar-refractivity contribution in [3.05, 3.63) is 94.6 Å². The lowest BCUT2D eigenvalue weighted by Gasteiger charge is -2.52. The van der Waals surface area contributed by atoms with Gasteiger partial charge in [-0.1, -0.05) is 134 Å². The van der Waals surface area contributed by atoms with Gasteiger partial charge < -0.3 is 38.9 Å². The van der Waals surface area contributed by atoms with E-state index in [9.17, 15) is 24.6 Å². The molecule has 2 aliphatic rings. The van der Waals surface area contributed by atoms with Gasteiger partial charge in [-0.15, -0.1) is 11.8 Å². The van der Waals surface area contributed by atoms with Crippen LogP contribution < -0.4 is 5.32 Å². The summed E-state index contributed by atoms with van der Waals surface area (Å²) < 4.78 is 31.7. The smallest absolute Gasteiger partial charge is 0.348 e. The first-order chi connectivity index (χ1) is 27.9. The molecule has 5 rings (SSSR count). The second kappa shape index (κ2) is 20.4. The Bertz CT molecular complexity index is 1910. The Labute approximate surface area is 355 Å². The highest BCUT2D eigenvalue weighted by atomic mass is 32.2. The van der Waals surface area contributed by atoms with Crippen LogP contribution in [0.15, 0.2) is 83.5 Å². The van der Waals surface area contributed by atoms with Gasteiger partial charge in [0, 0.05) is 14.5 Å². The number of aliphatic hydroxyl groups is 2. The van der Waals surface area contributed by atoms with Gasteiger partial charge in [0.15, 0.2) is 0 Å². The first-order valence-electron chi connectivity index (χ1n) is 20.8. The van der Waals surface area contributed by atoms with E-state index >= 15 is 0 Å². The monoisotopic (exact) mass is 865 g/mol. The highest BCUT2D eigenvalue weighted by Crippen LogP contribution is 2.49. The predicted octanol–water partition coefficient (Wildman–Crippen LogP) is 7.86. The molecule has 3 aromatic carbocycles. The molecule has 14 heteroatoms. The number of nitrogens with one attached hydrogen (secondary N) is 1. The van der Waals surface area contributed by atoms with Crippen LogP contribution >= 0.6 is 11.8 Å². The van der Waals surface area contributed by atoms with Crippen molar-refractivity contribution < 1.29 is 48.0 Å². The fraction of sp³-hybridized carbons (Fsp3) is 0.533. The van der Waals surface area contributed by atoms with Gasteiger partial charge in [0.05, 0.1) is 31.0 Å². The summed E-state index contributed by atoms with van der Waals surface area (Å²) >= 11 is 1.13. The number of ether oxygens (including phenoxy) is 4. The molecule has 0 saturated carbocycles. The van der Waals surface area contributed by atoms with Crippen molar-refractivity contribution in [2.45, 2.75) is 139 Å². The molecule has 11 nitrogen and oxygen atoms in total. The van der Waals surface area contributed by atoms with Crippen LogP contribution in [0, 0.1) is 0 Å². The molecule has 2 aliphatic heterocycles. The third-order valence-corrected chi connectivity index (χ3v) is 20.5. The molecule has 2 heterocycles. The zero-order valence-corrected chi connectivity index (χ0v) is 38.8. The van der Waals surface area contributed by atoms with Gasteiger partial charge in [-0.2, -0.15) is 0 Å². The number of aliphatic hydroxyl groups excluding tert-OH is 2. The zero-order valence-electron chi connectivity index (χ0n) is 35.9. The Kier molecular flexibility index (Phi) is 16.1. The standard InChI is InChI=1S/C45H63NO10SSi2/c1-28(2)59(29(3)4,30(5)6)56-40-39(49)37(26-47)55-45-42(40)57-41(44(51)52-22-23-58(7,8)9)36(54-45)25-35(43(50)53-27-31-16-11-10-12-17-31)46-38(48)24-33-20-15-19-32-18-13-14-21-34(32)33/h10-21,28-30,35,37,39-40,42,45,47,49H,22-27H2,1-9H3,(H,46,48)/t35-,37+,39+,40-,42+,45-/m0/s1. The fourth-order valence-corrected chi connectivity index (χ4v) is 16.0. The van der Waals surface area contributed by atoms with E-state index in [1.54, 1.807) is 0 Å². The summed E-state index contributed by atoms with van der Waals surface area (Å²) in [5.74, 6) is -1.70. The summed E-state index contributed by atoms with van der Waals surface area (Å²) in [4.78, 5) is 42.2. The van der Waals surface area contributed by atoms with Gasteiger partial charge in [-0.25, -0.2) is 9.59 Å². The molecular weight excluding hydrogens is 803 g/mol. The number of fused-ring (bicyclic) bond motifs is 2. The third kappa shape index (κ3) is 11.5. The Morgan fingerprint density at radius 3 is 2.15 bits per heavy atom. The lowest BCUT2D eigenvalue weighted by Crippen LogP contribution is -2.64. The molecule has 0 spiro atoms. The average Bonchev–Trinajstić information content (AvgIpc) is 3.18. The van der Waals surface area contributed by atoms with Crippen LogP contribution in [0.1, 0.15) is 59.1 Å². The number of carbonyl (C=O) groups is 3. The molecule has 0 radical (unpaired) electrons. The normalized spacial score (nSPS) is 21.6. The van der Waals surface area contributed by atoms with Gasteiger partial charge >= 0.3 is 11.9 Å². The van der Waals surface area contributed by atoms with Crippen LogP contribution in [0.4, 0.5) is 0 Å². The summed E-state index contributed by atoms with van der Waals surface area (Å²) in [5, 5.41) is 26.3. The van der Waals surface area contributed by atoms with E-state index in [1.807, 2.05) is 72.8 Å². The third-order valence-electron chi connectivity index (χ3n) is 11.3. The van der Waals surface area contributed by atoms with Crippen molar-refractivity contribution >= 4 is 56.8 Å². The largest absolute Gasteiger partial charge is 0.466 e. The minimum atomic E-state index is -2.63. The molecule has 322 valence electrons. The van der Waals surface area contributed by atoms with Crippen molar-refractivity contribution in [1.82, 2.24) is 5.32 Å². The van der Waals surface area contributed by atoms with Gasteiger partial charge in [0.1, 0.15) is 35.5 Å². The topological polar surface area (TPSA) is 150 Å². The average molecular weight is 866 g/mol. The summed E-state index contributed by atoms with van der Waals surface area (Å²) in [6.45, 7) is 19.1. The second-order valence-electron chi connectivity index (χ2n) is 17.7. The highest BCUT2D eigenvalue weighted by Gasteiger charge is 2.56. The molecule has 6 atom stereocenters. The minimum Gasteiger partial charge on any atom is -0.466 e. The van der Waals surface area contributed by atoms with Crippen molar-refractivity contribution in [1.29, 1.82) is 0 Å². The highest BCUT2D eigenvalue weighted by molar-refractivity contribution is 8.04. The number of rotatable bonds is 18. The Morgan fingerprint density at radius 1 is 0.864 bits per heavy atom. The van der Waals surface area contributed by atoms with E-state index in [0.717, 1.165) is 39.7 Å². The van der Waals surface area contributed by atoms with Crippen LogP contribution in [-0.2, 0) is 50.8 Å². The maximum atomic E-state index is 14.2. The molecule has 0 unspecified atom stereocenters. The molecule has 1 saturated heterocycles. The number of hydrogen-bond donors (Lipinski definition) is 3. The minimum absolute atomic E-state index is 0.0137. The Morgan fingerprint density at radius 2 is 1.51 bits per heavy atom. The van der Waals surface area contributed by atoms with Crippen LogP contribution in [0.3, 0.4) is 0 Å². The van der Waals surface area contributed by atoms with Gasteiger partial charge in [-0.3, -0.25) is 4.79 Å². The molecule has 0 bridgehead atoms. The van der Waals surface area contributed by atoms with E-state index in [-0.39, 0.29) is 53.3 Å². The summed E-state index contributed by atoms with van der Waals surface area (Å²) in [7, 11) is -4.22. The zero-order chi connectivity index (χ0) is 43.1. The summed E-state index contributed by atoms with van der Waals surface area (Å²) in [5.41, 5.74) is 2.08. The number of benzene rings is 3. The van der Waals surface area contributed by atoms with Gasteiger partial charge in [0.25, 0.3) is 0 Å². The van der Waals surface area contributed by atoms with Crippen molar-refractivity contribution in [2.75, 3.05) is 13.2 Å². The first-order valence-corrected chi connectivity index (χ1v) is 27.5. The van der Waals surface area contributed by atoms with E-state index < -0.39 is 76.7 Å². The fourth-order valence-electron chi connectivity index (χ4n) is 8.33. The maximum absolute atomic E-state index is 14.2. The number of hydrogen-bond acceptors (Lipinski definition) is 11. The quantitative estimate of drug-likeness (QED) is 0.0848. The van der Waals surface area contributed by atoms with Crippen molar-refractivity contribution in [3.63, 3.8) is 0 Å². The molecule has 3 N–H and O–H groups in total.